The van der Waals surface area contributed by atoms with Gasteiger partial charge >= 0.3 is 0 Å². The highest BCUT2D eigenvalue weighted by atomic mass is 79.9. The molecule has 0 aromatic heterocycles. The van der Waals surface area contributed by atoms with Crippen LogP contribution in [0.1, 0.15) is 6.92 Å². The molecule has 18 heavy (non-hydrogen) atoms. The van der Waals surface area contributed by atoms with Crippen LogP contribution in [0.15, 0.2) is 28.7 Å². The first kappa shape index (κ1) is 13.8. The Bertz CT molecular complexity index is 400. The molecule has 0 unspecified atom stereocenters. The van der Waals surface area contributed by atoms with Crippen LogP contribution in [0.3, 0.4) is 0 Å². The lowest BCUT2D eigenvalue weighted by Gasteiger charge is -2.39. The number of hydrogen-bond donors (Lipinski definition) is 4. The van der Waals surface area contributed by atoms with Crippen LogP contribution in [-0.4, -0.2) is 46.0 Å². The molecule has 1 aliphatic heterocycles. The molecule has 1 saturated heterocycles. The largest absolute Gasteiger partial charge is 0.388 e. The van der Waals surface area contributed by atoms with Gasteiger partial charge in [-0.15, -0.1) is 0 Å². The molecule has 0 amide bonds. The highest BCUT2D eigenvalue weighted by Crippen LogP contribution is 2.23. The van der Waals surface area contributed by atoms with Crippen LogP contribution in [0.25, 0.3) is 0 Å². The topological polar surface area (TPSA) is 82.0 Å². The van der Waals surface area contributed by atoms with Crippen molar-refractivity contribution in [3.63, 3.8) is 0 Å². The van der Waals surface area contributed by atoms with Gasteiger partial charge in [-0.1, -0.05) is 15.9 Å². The molecule has 100 valence electrons. The van der Waals surface area contributed by atoms with Crippen LogP contribution in [0.2, 0.25) is 0 Å². The summed E-state index contributed by atoms with van der Waals surface area (Å²) < 4.78 is 6.38. The first-order chi connectivity index (χ1) is 8.49. The third kappa shape index (κ3) is 2.84. The van der Waals surface area contributed by atoms with Crippen molar-refractivity contribution in [1.82, 2.24) is 0 Å². The fourth-order valence-corrected chi connectivity index (χ4v) is 2.15. The van der Waals surface area contributed by atoms with Crippen molar-refractivity contribution in [3.05, 3.63) is 28.7 Å². The second-order valence-electron chi connectivity index (χ2n) is 4.38. The van der Waals surface area contributed by atoms with E-state index < -0.39 is 30.6 Å². The molecule has 0 radical (unpaired) electrons. The number of hydrogen-bond acceptors (Lipinski definition) is 5. The summed E-state index contributed by atoms with van der Waals surface area (Å²) in [4.78, 5) is 0. The lowest BCUT2D eigenvalue weighted by molar-refractivity contribution is -0.209. The molecule has 0 saturated carbocycles. The zero-order valence-corrected chi connectivity index (χ0v) is 11.4. The quantitative estimate of drug-likeness (QED) is 0.645. The van der Waals surface area contributed by atoms with Gasteiger partial charge in [-0.2, -0.15) is 0 Å². The van der Waals surface area contributed by atoms with E-state index in [1.165, 1.54) is 0 Å². The number of rotatable bonds is 2. The van der Waals surface area contributed by atoms with Gasteiger partial charge in [-0.25, -0.2) is 0 Å². The first-order valence-corrected chi connectivity index (χ1v) is 6.50. The third-order valence-corrected chi connectivity index (χ3v) is 3.53. The van der Waals surface area contributed by atoms with Gasteiger partial charge in [-0.3, -0.25) is 0 Å². The molecular formula is C12H16BrNO4. The molecule has 5 atom stereocenters. The minimum absolute atomic E-state index is 0.545. The predicted molar refractivity (Wildman–Crippen MR) is 70.1 cm³/mol. The fraction of sp³-hybridized carbons (Fsp3) is 0.500. The van der Waals surface area contributed by atoms with Crippen molar-refractivity contribution in [2.75, 3.05) is 5.32 Å². The summed E-state index contributed by atoms with van der Waals surface area (Å²) in [6.45, 7) is 1.65. The lowest BCUT2D eigenvalue weighted by Crippen LogP contribution is -2.58. The van der Waals surface area contributed by atoms with Crippen LogP contribution < -0.4 is 5.32 Å². The Morgan fingerprint density at radius 2 is 1.67 bits per heavy atom. The van der Waals surface area contributed by atoms with Gasteiger partial charge in [0.25, 0.3) is 0 Å². The van der Waals surface area contributed by atoms with Gasteiger partial charge < -0.3 is 25.4 Å². The van der Waals surface area contributed by atoms with Crippen molar-refractivity contribution in [3.8, 4) is 0 Å². The average Bonchev–Trinajstić information content (AvgIpc) is 2.36. The number of anilines is 1. The van der Waals surface area contributed by atoms with Crippen LogP contribution in [0.5, 0.6) is 0 Å². The molecule has 6 heteroatoms. The molecular weight excluding hydrogens is 302 g/mol. The molecule has 0 bridgehead atoms. The van der Waals surface area contributed by atoms with Gasteiger partial charge in [0, 0.05) is 10.2 Å². The van der Waals surface area contributed by atoms with E-state index in [1.807, 2.05) is 24.3 Å². The molecule has 1 aromatic rings. The summed E-state index contributed by atoms with van der Waals surface area (Å²) >= 11 is 3.33. The SMILES string of the molecule is C[C@@H]1O[C@@H](Nc2ccc(Br)cc2)[C@@H](O)[C@@H](O)[C@@H]1O. The maximum atomic E-state index is 9.83. The maximum Gasteiger partial charge on any atom is 0.157 e. The molecule has 1 aliphatic rings. The number of aliphatic hydroxyl groups is 3. The summed E-state index contributed by atoms with van der Waals surface area (Å²) in [5.41, 5.74) is 0.762. The summed E-state index contributed by atoms with van der Waals surface area (Å²) in [5, 5.41) is 32.1. The Kier molecular flexibility index (Phi) is 4.24. The van der Waals surface area contributed by atoms with E-state index in [1.54, 1.807) is 6.92 Å². The summed E-state index contributed by atoms with van der Waals surface area (Å²) in [5.74, 6) is 0. The third-order valence-electron chi connectivity index (χ3n) is 3.01. The highest BCUT2D eigenvalue weighted by Gasteiger charge is 2.41. The van der Waals surface area contributed by atoms with Crippen LogP contribution in [-0.2, 0) is 4.74 Å². The summed E-state index contributed by atoms with van der Waals surface area (Å²) in [6, 6.07) is 7.35. The van der Waals surface area contributed by atoms with Gasteiger partial charge in [-0.05, 0) is 31.2 Å². The summed E-state index contributed by atoms with van der Waals surface area (Å²) in [7, 11) is 0. The van der Waals surface area contributed by atoms with E-state index in [0.29, 0.717) is 0 Å². The normalized spacial score (nSPS) is 36.4. The molecule has 1 heterocycles. The van der Waals surface area contributed by atoms with Gasteiger partial charge in [0.15, 0.2) is 6.23 Å². The Morgan fingerprint density at radius 1 is 1.06 bits per heavy atom. The molecule has 2 rings (SSSR count). The Morgan fingerprint density at radius 3 is 2.28 bits per heavy atom. The van der Waals surface area contributed by atoms with E-state index >= 15 is 0 Å². The number of halogens is 1. The fourth-order valence-electron chi connectivity index (χ4n) is 1.88. The Labute approximate surface area is 114 Å². The standard InChI is InChI=1S/C12H16BrNO4/c1-6-9(15)10(16)11(17)12(18-6)14-8-4-2-7(13)3-5-8/h2-6,9-12,14-17H,1H3/t6-,9+,10-,11-,12+/m0/s1. The average molecular weight is 318 g/mol. The van der Waals surface area contributed by atoms with E-state index in [4.69, 9.17) is 4.74 Å². The van der Waals surface area contributed by atoms with Gasteiger partial charge in [0.1, 0.15) is 18.3 Å². The molecule has 1 fully saturated rings. The Balaban J connectivity index is 2.06. The minimum Gasteiger partial charge on any atom is -0.388 e. The van der Waals surface area contributed by atoms with Crippen molar-refractivity contribution >= 4 is 21.6 Å². The van der Waals surface area contributed by atoms with E-state index in [2.05, 4.69) is 21.2 Å². The molecule has 5 nitrogen and oxygen atoms in total. The molecule has 4 N–H and O–H groups in total. The van der Waals surface area contributed by atoms with Crippen molar-refractivity contribution in [2.45, 2.75) is 37.6 Å². The zero-order chi connectivity index (χ0) is 13.3. The monoisotopic (exact) mass is 317 g/mol. The molecule has 0 spiro atoms. The Hall–Kier alpha value is -0.660. The first-order valence-electron chi connectivity index (χ1n) is 5.71. The van der Waals surface area contributed by atoms with E-state index in [0.717, 1.165) is 10.2 Å². The number of aliphatic hydroxyl groups excluding tert-OH is 3. The van der Waals surface area contributed by atoms with Crippen molar-refractivity contribution in [1.29, 1.82) is 0 Å². The van der Waals surface area contributed by atoms with Gasteiger partial charge in [0.05, 0.1) is 6.10 Å². The predicted octanol–water partition coefficient (Wildman–Crippen LogP) is 0.688. The summed E-state index contributed by atoms with van der Waals surface area (Å²) in [6.07, 6.45) is -4.78. The van der Waals surface area contributed by atoms with Crippen LogP contribution >= 0.6 is 15.9 Å². The number of ether oxygens (including phenoxy) is 1. The van der Waals surface area contributed by atoms with Crippen LogP contribution in [0.4, 0.5) is 5.69 Å². The number of benzene rings is 1. The van der Waals surface area contributed by atoms with Crippen molar-refractivity contribution in [2.24, 2.45) is 0 Å². The zero-order valence-electron chi connectivity index (χ0n) is 9.82. The van der Waals surface area contributed by atoms with E-state index in [-0.39, 0.29) is 0 Å². The highest BCUT2D eigenvalue weighted by molar-refractivity contribution is 9.10. The maximum absolute atomic E-state index is 9.83. The minimum atomic E-state index is -1.22. The second kappa shape index (κ2) is 5.54. The molecule has 0 aliphatic carbocycles. The van der Waals surface area contributed by atoms with Crippen molar-refractivity contribution < 1.29 is 20.1 Å². The smallest absolute Gasteiger partial charge is 0.157 e. The van der Waals surface area contributed by atoms with E-state index in [9.17, 15) is 15.3 Å². The number of nitrogens with one attached hydrogen (secondary N) is 1. The molecule has 1 aromatic carbocycles. The lowest BCUT2D eigenvalue weighted by atomic mass is 9.99. The van der Waals surface area contributed by atoms with Gasteiger partial charge in [0.2, 0.25) is 0 Å². The van der Waals surface area contributed by atoms with Crippen LogP contribution in [0, 0.1) is 0 Å². The second-order valence-corrected chi connectivity index (χ2v) is 5.30.